The summed E-state index contributed by atoms with van der Waals surface area (Å²) in [6.45, 7) is 2.12. The molecule has 1 aliphatic carbocycles. The van der Waals surface area contributed by atoms with Crippen LogP contribution in [0.4, 0.5) is 0 Å². The van der Waals surface area contributed by atoms with Crippen LogP contribution in [0.25, 0.3) is 0 Å². The highest BCUT2D eigenvalue weighted by Crippen LogP contribution is 2.42. The molecular formula is C23H31Cl2N3O5S. The van der Waals surface area contributed by atoms with Crippen LogP contribution in [0.5, 0.6) is 5.75 Å². The molecule has 0 spiro atoms. The number of ether oxygens (including phenoxy) is 3. The van der Waals surface area contributed by atoms with Gasteiger partial charge in [0.1, 0.15) is 11.9 Å². The van der Waals surface area contributed by atoms with Crippen molar-refractivity contribution in [2.45, 2.75) is 23.5 Å². The van der Waals surface area contributed by atoms with Crippen LogP contribution in [0.15, 0.2) is 41.3 Å². The summed E-state index contributed by atoms with van der Waals surface area (Å²) in [4.78, 5) is 2.23. The van der Waals surface area contributed by atoms with Crippen LogP contribution >= 0.6 is 23.2 Å². The Bertz CT molecular complexity index is 1050. The Morgan fingerprint density at radius 3 is 2.38 bits per heavy atom. The standard InChI is InChI=1S/C23H31Cl2N3O5S/c1-28(2)22-15-19-20(13-16(24)14-21(19)25)23(22)33-17-3-5-18(6-4-17)34(29,30)27-8-10-32-12-11-31-9-7-26/h3-6,13-14,22-23,27H,7-12,15,26H2,1-2H3/t22?,23-/m0/s1. The van der Waals surface area contributed by atoms with E-state index in [1.165, 1.54) is 12.1 Å². The molecule has 0 amide bonds. The van der Waals surface area contributed by atoms with Crippen molar-refractivity contribution in [3.05, 3.63) is 57.6 Å². The monoisotopic (exact) mass is 531 g/mol. The smallest absolute Gasteiger partial charge is 0.240 e. The van der Waals surface area contributed by atoms with Crippen LogP contribution in [0, 0.1) is 0 Å². The molecular weight excluding hydrogens is 501 g/mol. The summed E-state index contributed by atoms with van der Waals surface area (Å²) in [5.74, 6) is 0.556. The minimum absolute atomic E-state index is 0.0664. The lowest BCUT2D eigenvalue weighted by molar-refractivity contribution is 0.0530. The molecule has 34 heavy (non-hydrogen) atoms. The van der Waals surface area contributed by atoms with Gasteiger partial charge in [0.15, 0.2) is 0 Å². The lowest BCUT2D eigenvalue weighted by Crippen LogP contribution is -2.34. The molecule has 8 nitrogen and oxygen atoms in total. The highest BCUT2D eigenvalue weighted by atomic mass is 35.5. The zero-order valence-corrected chi connectivity index (χ0v) is 21.6. The molecule has 3 rings (SSSR count). The van der Waals surface area contributed by atoms with Gasteiger partial charge in [-0.3, -0.25) is 0 Å². The molecule has 0 saturated heterocycles. The summed E-state index contributed by atoms with van der Waals surface area (Å²) >= 11 is 12.7. The van der Waals surface area contributed by atoms with Crippen molar-refractivity contribution >= 4 is 33.2 Å². The number of sulfonamides is 1. The topological polar surface area (TPSA) is 103 Å². The Morgan fingerprint density at radius 1 is 1.06 bits per heavy atom. The fourth-order valence-electron chi connectivity index (χ4n) is 3.79. The first-order valence-electron chi connectivity index (χ1n) is 11.0. The largest absolute Gasteiger partial charge is 0.484 e. The molecule has 0 bridgehead atoms. The maximum Gasteiger partial charge on any atom is 0.240 e. The summed E-state index contributed by atoms with van der Waals surface area (Å²) in [5, 5.41) is 1.18. The van der Waals surface area contributed by atoms with E-state index in [0.29, 0.717) is 42.2 Å². The summed E-state index contributed by atoms with van der Waals surface area (Å²) in [6.07, 6.45) is 0.452. The van der Waals surface area contributed by atoms with E-state index in [9.17, 15) is 8.42 Å². The molecule has 2 aromatic carbocycles. The van der Waals surface area contributed by atoms with Gasteiger partial charge < -0.3 is 24.8 Å². The van der Waals surface area contributed by atoms with Gasteiger partial charge in [0.05, 0.1) is 37.4 Å². The van der Waals surface area contributed by atoms with E-state index >= 15 is 0 Å². The third kappa shape index (κ3) is 7.05. The zero-order valence-electron chi connectivity index (χ0n) is 19.3. The zero-order chi connectivity index (χ0) is 24.7. The first kappa shape index (κ1) is 27.2. The Balaban J connectivity index is 1.60. The second-order valence-corrected chi connectivity index (χ2v) is 10.7. The highest BCUT2D eigenvalue weighted by Gasteiger charge is 2.37. The number of rotatable bonds is 13. The number of nitrogens with zero attached hydrogens (tertiary/aromatic N) is 1. The van der Waals surface area contributed by atoms with E-state index in [-0.39, 0.29) is 30.2 Å². The van der Waals surface area contributed by atoms with E-state index in [1.54, 1.807) is 18.2 Å². The summed E-state index contributed by atoms with van der Waals surface area (Å²) < 4.78 is 44.5. The third-order valence-electron chi connectivity index (χ3n) is 5.50. The molecule has 1 aliphatic rings. The van der Waals surface area contributed by atoms with Crippen LogP contribution < -0.4 is 15.2 Å². The van der Waals surface area contributed by atoms with Crippen LogP contribution in [-0.4, -0.2) is 73.0 Å². The molecule has 0 heterocycles. The Morgan fingerprint density at radius 2 is 1.74 bits per heavy atom. The SMILES string of the molecule is CN(C)C1Cc2c(Cl)cc(Cl)cc2[C@@H]1Oc1ccc(S(=O)(=O)NCCOCCOCCN)cc1. The van der Waals surface area contributed by atoms with Gasteiger partial charge in [-0.2, -0.15) is 0 Å². The van der Waals surface area contributed by atoms with Gasteiger partial charge in [-0.1, -0.05) is 23.2 Å². The molecule has 0 aliphatic heterocycles. The van der Waals surface area contributed by atoms with Crippen LogP contribution in [0.2, 0.25) is 10.0 Å². The molecule has 1 unspecified atom stereocenters. The number of nitrogens with two attached hydrogens (primary N) is 1. The van der Waals surface area contributed by atoms with Crippen molar-refractivity contribution in [1.82, 2.24) is 9.62 Å². The van der Waals surface area contributed by atoms with E-state index in [0.717, 1.165) is 17.5 Å². The quantitative estimate of drug-likeness (QED) is 0.383. The van der Waals surface area contributed by atoms with Gasteiger partial charge in [-0.25, -0.2) is 13.1 Å². The van der Waals surface area contributed by atoms with Gasteiger partial charge in [0.25, 0.3) is 0 Å². The first-order valence-corrected chi connectivity index (χ1v) is 13.2. The Hall–Kier alpha value is -1.43. The van der Waals surface area contributed by atoms with E-state index < -0.39 is 10.0 Å². The van der Waals surface area contributed by atoms with Crippen LogP contribution in [0.1, 0.15) is 17.2 Å². The molecule has 0 aromatic heterocycles. The van der Waals surface area contributed by atoms with E-state index in [4.69, 9.17) is 43.1 Å². The van der Waals surface area contributed by atoms with Gasteiger partial charge in [0.2, 0.25) is 10.0 Å². The molecule has 0 fully saturated rings. The lowest BCUT2D eigenvalue weighted by Gasteiger charge is -2.27. The van der Waals surface area contributed by atoms with Crippen molar-refractivity contribution in [3.8, 4) is 5.75 Å². The van der Waals surface area contributed by atoms with E-state index in [1.807, 2.05) is 20.2 Å². The van der Waals surface area contributed by atoms with Gasteiger partial charge in [0, 0.05) is 28.7 Å². The molecule has 0 saturated carbocycles. The predicted molar refractivity (Wildman–Crippen MR) is 133 cm³/mol. The Kier molecular flexibility index (Phi) is 9.99. The van der Waals surface area contributed by atoms with Crippen molar-refractivity contribution in [2.24, 2.45) is 5.73 Å². The summed E-state index contributed by atoms with van der Waals surface area (Å²) in [5.41, 5.74) is 7.30. The minimum Gasteiger partial charge on any atom is -0.484 e. The predicted octanol–water partition coefficient (Wildman–Crippen LogP) is 2.87. The van der Waals surface area contributed by atoms with Crippen LogP contribution in [-0.2, 0) is 25.9 Å². The third-order valence-corrected chi connectivity index (χ3v) is 7.53. The molecule has 2 aromatic rings. The average Bonchev–Trinajstić information content (AvgIpc) is 3.15. The molecule has 188 valence electrons. The second kappa shape index (κ2) is 12.5. The number of benzene rings is 2. The summed E-state index contributed by atoms with van der Waals surface area (Å²) in [7, 11) is 0.307. The molecule has 2 atom stereocenters. The number of halogens is 2. The molecule has 11 heteroatoms. The number of likely N-dealkylation sites (N-methyl/N-ethyl adjacent to an activating group) is 1. The fourth-order valence-corrected chi connectivity index (χ4v) is 5.39. The maximum atomic E-state index is 12.6. The number of hydrogen-bond donors (Lipinski definition) is 2. The number of fused-ring (bicyclic) bond motifs is 1. The van der Waals surface area contributed by atoms with Crippen molar-refractivity contribution in [1.29, 1.82) is 0 Å². The van der Waals surface area contributed by atoms with Gasteiger partial charge >= 0.3 is 0 Å². The molecule has 3 N–H and O–H groups in total. The fraction of sp³-hybridized carbons (Fsp3) is 0.478. The maximum absolute atomic E-state index is 12.6. The number of nitrogens with one attached hydrogen (secondary N) is 1. The van der Waals surface area contributed by atoms with Crippen LogP contribution in [0.3, 0.4) is 0 Å². The van der Waals surface area contributed by atoms with Gasteiger partial charge in [-0.15, -0.1) is 0 Å². The van der Waals surface area contributed by atoms with Crippen molar-refractivity contribution in [2.75, 3.05) is 53.6 Å². The Labute approximate surface area is 211 Å². The first-order chi connectivity index (χ1) is 16.2. The van der Waals surface area contributed by atoms with Crippen molar-refractivity contribution in [3.63, 3.8) is 0 Å². The van der Waals surface area contributed by atoms with E-state index in [2.05, 4.69) is 9.62 Å². The number of hydrogen-bond acceptors (Lipinski definition) is 7. The van der Waals surface area contributed by atoms with Crippen molar-refractivity contribution < 1.29 is 22.6 Å². The average molecular weight is 532 g/mol. The normalized spacial score (nSPS) is 17.8. The highest BCUT2D eigenvalue weighted by molar-refractivity contribution is 7.89. The minimum atomic E-state index is -3.67. The second-order valence-electron chi connectivity index (χ2n) is 8.11. The lowest BCUT2D eigenvalue weighted by atomic mass is 10.1. The summed E-state index contributed by atoms with van der Waals surface area (Å²) in [6, 6.07) is 10.0. The van der Waals surface area contributed by atoms with Gasteiger partial charge in [-0.05, 0) is 62.5 Å². The molecule has 0 radical (unpaired) electrons.